The molecule has 0 aromatic rings. The molecular weight excluding hydrogens is 142 g/mol. The predicted molar refractivity (Wildman–Crippen MR) is 38.7 cm³/mol. The van der Waals surface area contributed by atoms with Crippen LogP contribution in [-0.4, -0.2) is 22.3 Å². The summed E-state index contributed by atoms with van der Waals surface area (Å²) >= 11 is 2.97. The van der Waals surface area contributed by atoms with E-state index in [1.165, 1.54) is 11.9 Å². The van der Waals surface area contributed by atoms with Crippen molar-refractivity contribution in [1.82, 2.24) is 9.25 Å². The maximum atomic E-state index is 7.13. The molecule has 1 aliphatic rings. The molecule has 2 N–H and O–H groups in total. The van der Waals surface area contributed by atoms with Crippen molar-refractivity contribution in [3.05, 3.63) is 0 Å². The molecule has 5 heteroatoms. The fraction of sp³-hybridized carbons (Fsp3) is 0.667. The number of nitrogens with one attached hydrogen (secondary N) is 2. The molecule has 0 bridgehead atoms. The van der Waals surface area contributed by atoms with Gasteiger partial charge in [0.2, 0.25) is 0 Å². The SMILES string of the molecule is CSN1CC(=N)SN1. The van der Waals surface area contributed by atoms with Crippen molar-refractivity contribution in [2.75, 3.05) is 12.8 Å². The monoisotopic (exact) mass is 149 g/mol. The van der Waals surface area contributed by atoms with Gasteiger partial charge in [0.1, 0.15) is 0 Å². The van der Waals surface area contributed by atoms with E-state index >= 15 is 0 Å². The molecule has 1 saturated heterocycles. The van der Waals surface area contributed by atoms with Gasteiger partial charge in [-0.15, -0.1) is 0 Å². The zero-order valence-electron chi connectivity index (χ0n) is 4.47. The summed E-state index contributed by atoms with van der Waals surface area (Å²) in [5.41, 5.74) is 0. The first-order valence-corrected chi connectivity index (χ1v) is 4.14. The van der Waals surface area contributed by atoms with Gasteiger partial charge in [0, 0.05) is 0 Å². The highest BCUT2D eigenvalue weighted by Crippen LogP contribution is 2.14. The van der Waals surface area contributed by atoms with Crippen LogP contribution in [0.1, 0.15) is 0 Å². The van der Waals surface area contributed by atoms with Crippen LogP contribution in [0.2, 0.25) is 0 Å². The van der Waals surface area contributed by atoms with Crippen LogP contribution in [0.3, 0.4) is 0 Å². The van der Waals surface area contributed by atoms with Crippen LogP contribution < -0.4 is 4.83 Å². The van der Waals surface area contributed by atoms with Gasteiger partial charge in [-0.05, 0) is 18.2 Å². The third-order valence-corrected chi connectivity index (χ3v) is 2.24. The van der Waals surface area contributed by atoms with E-state index < -0.39 is 0 Å². The fourth-order valence-electron chi connectivity index (χ4n) is 0.403. The summed E-state index contributed by atoms with van der Waals surface area (Å²) in [6, 6.07) is 0. The molecule has 46 valence electrons. The molecule has 0 saturated carbocycles. The van der Waals surface area contributed by atoms with Crippen molar-refractivity contribution in [1.29, 1.82) is 5.41 Å². The van der Waals surface area contributed by atoms with Gasteiger partial charge in [-0.1, -0.05) is 11.9 Å². The molecule has 1 rings (SSSR count). The molecule has 0 aliphatic carbocycles. The topological polar surface area (TPSA) is 39.1 Å². The normalized spacial score (nSPS) is 22.4. The predicted octanol–water partition coefficient (Wildman–Crippen LogP) is 0.710. The lowest BCUT2D eigenvalue weighted by molar-refractivity contribution is 0.534. The molecule has 0 atom stereocenters. The van der Waals surface area contributed by atoms with Crippen LogP contribution in [-0.2, 0) is 0 Å². The van der Waals surface area contributed by atoms with Crippen molar-refractivity contribution >= 4 is 28.9 Å². The molecule has 0 aromatic carbocycles. The lowest BCUT2D eigenvalue weighted by Gasteiger charge is -2.05. The number of rotatable bonds is 1. The maximum absolute atomic E-state index is 7.13. The van der Waals surface area contributed by atoms with E-state index in [4.69, 9.17) is 5.41 Å². The summed E-state index contributed by atoms with van der Waals surface area (Å²) in [4.78, 5) is 2.94. The van der Waals surface area contributed by atoms with E-state index in [1.54, 1.807) is 11.9 Å². The fourth-order valence-corrected chi connectivity index (χ4v) is 1.62. The van der Waals surface area contributed by atoms with Crippen molar-refractivity contribution in [2.24, 2.45) is 0 Å². The largest absolute Gasteiger partial charge is 0.296 e. The second kappa shape index (κ2) is 2.72. The summed E-state index contributed by atoms with van der Waals surface area (Å²) in [7, 11) is 0. The highest BCUT2D eigenvalue weighted by molar-refractivity contribution is 8.13. The van der Waals surface area contributed by atoms with Gasteiger partial charge in [-0.2, -0.15) is 9.25 Å². The number of hydrazine groups is 1. The Hall–Kier alpha value is 0.290. The van der Waals surface area contributed by atoms with E-state index in [0.717, 1.165) is 6.54 Å². The van der Waals surface area contributed by atoms with Crippen LogP contribution in [0.25, 0.3) is 0 Å². The third-order valence-electron chi connectivity index (χ3n) is 0.778. The van der Waals surface area contributed by atoms with Crippen molar-refractivity contribution in [3.8, 4) is 0 Å². The van der Waals surface area contributed by atoms with E-state index in [9.17, 15) is 0 Å². The maximum Gasteiger partial charge on any atom is 0.0970 e. The molecule has 0 aromatic heterocycles. The summed E-state index contributed by atoms with van der Waals surface area (Å²) < 4.78 is 1.91. The van der Waals surface area contributed by atoms with Gasteiger partial charge in [0.25, 0.3) is 0 Å². The number of hydrogen-bond acceptors (Lipinski definition) is 5. The van der Waals surface area contributed by atoms with Crippen molar-refractivity contribution < 1.29 is 0 Å². The minimum atomic E-state index is 0.680. The van der Waals surface area contributed by atoms with Crippen LogP contribution >= 0.6 is 23.9 Å². The summed E-state index contributed by atoms with van der Waals surface area (Å²) in [5, 5.41) is 7.81. The van der Waals surface area contributed by atoms with Gasteiger partial charge in [0.15, 0.2) is 0 Å². The number of nitrogens with zero attached hydrogens (tertiary/aromatic N) is 1. The Kier molecular flexibility index (Phi) is 2.18. The Morgan fingerprint density at radius 3 is 3.00 bits per heavy atom. The molecule has 0 spiro atoms. The third kappa shape index (κ3) is 1.38. The van der Waals surface area contributed by atoms with E-state index in [-0.39, 0.29) is 0 Å². The average molecular weight is 149 g/mol. The molecule has 3 nitrogen and oxygen atoms in total. The van der Waals surface area contributed by atoms with E-state index in [2.05, 4.69) is 4.83 Å². The van der Waals surface area contributed by atoms with Crippen LogP contribution in [0, 0.1) is 5.41 Å². The summed E-state index contributed by atoms with van der Waals surface area (Å²) in [6.07, 6.45) is 1.98. The van der Waals surface area contributed by atoms with Gasteiger partial charge < -0.3 is 0 Å². The second-order valence-electron chi connectivity index (χ2n) is 1.34. The molecule has 1 heterocycles. The molecule has 0 unspecified atom stereocenters. The van der Waals surface area contributed by atoms with Crippen molar-refractivity contribution in [2.45, 2.75) is 0 Å². The van der Waals surface area contributed by atoms with E-state index in [1.807, 2.05) is 10.7 Å². The molecule has 1 aliphatic heterocycles. The van der Waals surface area contributed by atoms with Crippen LogP contribution in [0.4, 0.5) is 0 Å². The minimum Gasteiger partial charge on any atom is -0.296 e. The molecule has 8 heavy (non-hydrogen) atoms. The first kappa shape index (κ1) is 6.41. The first-order chi connectivity index (χ1) is 3.83. The number of hydrogen-bond donors (Lipinski definition) is 2. The Balaban J connectivity index is 2.32. The smallest absolute Gasteiger partial charge is 0.0970 e. The van der Waals surface area contributed by atoms with Crippen LogP contribution in [0.15, 0.2) is 0 Å². The summed E-state index contributed by atoms with van der Waals surface area (Å²) in [6.45, 7) is 0.728. The Labute approximate surface area is 56.9 Å². The lowest BCUT2D eigenvalue weighted by Crippen LogP contribution is -2.19. The standard InChI is InChI=1S/C3H7N3S2/c1-7-6-2-3(4)8-5-6/h4-5H,2H2,1H3. The molecule has 0 radical (unpaired) electrons. The van der Waals surface area contributed by atoms with Crippen molar-refractivity contribution in [3.63, 3.8) is 0 Å². The minimum absolute atomic E-state index is 0.680. The highest BCUT2D eigenvalue weighted by atomic mass is 32.2. The van der Waals surface area contributed by atoms with Crippen LogP contribution in [0.5, 0.6) is 0 Å². The van der Waals surface area contributed by atoms with Gasteiger partial charge in [-0.3, -0.25) is 5.41 Å². The average Bonchev–Trinajstić information content (AvgIpc) is 2.14. The molecule has 1 fully saturated rings. The quantitative estimate of drug-likeness (QED) is 0.539. The van der Waals surface area contributed by atoms with Gasteiger partial charge >= 0.3 is 0 Å². The second-order valence-corrected chi connectivity index (χ2v) is 3.02. The lowest BCUT2D eigenvalue weighted by atomic mass is 10.7. The van der Waals surface area contributed by atoms with Gasteiger partial charge in [-0.25, -0.2) is 0 Å². The highest BCUT2D eigenvalue weighted by Gasteiger charge is 2.14. The van der Waals surface area contributed by atoms with E-state index in [0.29, 0.717) is 5.04 Å². The zero-order chi connectivity index (χ0) is 5.98. The Bertz CT molecular complexity index is 105. The molecule has 0 amide bonds. The Morgan fingerprint density at radius 2 is 2.75 bits per heavy atom. The Morgan fingerprint density at radius 1 is 2.00 bits per heavy atom. The zero-order valence-corrected chi connectivity index (χ0v) is 6.10. The molecular formula is C3H7N3S2. The first-order valence-electron chi connectivity index (χ1n) is 2.14. The summed E-state index contributed by atoms with van der Waals surface area (Å²) in [5.74, 6) is 0. The van der Waals surface area contributed by atoms with Gasteiger partial charge in [0.05, 0.1) is 11.6 Å².